The highest BCUT2D eigenvalue weighted by Gasteiger charge is 2.23. The lowest BCUT2D eigenvalue weighted by atomic mass is 9.92. The number of nitrogens with zero attached hydrogens (tertiary/aromatic N) is 2. The Kier molecular flexibility index (Phi) is 6.26. The van der Waals surface area contributed by atoms with Crippen molar-refractivity contribution < 1.29 is 13.9 Å². The Labute approximate surface area is 169 Å². The number of benzene rings is 2. The van der Waals surface area contributed by atoms with E-state index in [2.05, 4.69) is 22.6 Å². The lowest BCUT2D eigenvalue weighted by Gasteiger charge is -2.24. The molecule has 0 aliphatic carbocycles. The molecule has 6 nitrogen and oxygen atoms in total. The van der Waals surface area contributed by atoms with Crippen LogP contribution in [0, 0.1) is 5.82 Å². The number of nitrogens with two attached hydrogens (primary N) is 1. The van der Waals surface area contributed by atoms with Crippen molar-refractivity contribution in [2.24, 2.45) is 16.2 Å². The second-order valence-electron chi connectivity index (χ2n) is 6.83. The van der Waals surface area contributed by atoms with Crippen molar-refractivity contribution in [2.75, 3.05) is 19.0 Å². The highest BCUT2D eigenvalue weighted by atomic mass is 19.1. The topological polar surface area (TPSA) is 89.1 Å². The van der Waals surface area contributed by atoms with Gasteiger partial charge in [-0.1, -0.05) is 31.2 Å². The summed E-state index contributed by atoms with van der Waals surface area (Å²) >= 11 is 0. The minimum Gasteiger partial charge on any atom is -0.496 e. The Hall–Kier alpha value is -3.22. The molecule has 0 saturated carbocycles. The first-order valence-electron chi connectivity index (χ1n) is 9.62. The Morgan fingerprint density at radius 1 is 1.24 bits per heavy atom. The Morgan fingerprint density at radius 3 is 2.66 bits per heavy atom. The summed E-state index contributed by atoms with van der Waals surface area (Å²) in [4.78, 5) is 11.7. The molecule has 0 aromatic heterocycles. The third-order valence-electron chi connectivity index (χ3n) is 5.14. The zero-order valence-electron chi connectivity index (χ0n) is 16.9. The third kappa shape index (κ3) is 4.13. The first kappa shape index (κ1) is 20.5. The van der Waals surface area contributed by atoms with Crippen molar-refractivity contribution in [2.45, 2.75) is 33.1 Å². The van der Waals surface area contributed by atoms with Gasteiger partial charge < -0.3 is 15.9 Å². The van der Waals surface area contributed by atoms with Crippen LogP contribution in [0.3, 0.4) is 0 Å². The molecule has 0 amide bonds. The van der Waals surface area contributed by atoms with E-state index in [0.717, 1.165) is 34.6 Å². The number of anilines is 1. The number of aryl methyl sites for hydroxylation is 1. The van der Waals surface area contributed by atoms with Crippen LogP contribution in [0.1, 0.15) is 42.5 Å². The number of carbonyl (C=O) groups excluding carboxylic acids is 1. The predicted octanol–water partition coefficient (Wildman–Crippen LogP) is 4.54. The molecule has 2 aromatic rings. The number of rotatable bonds is 7. The van der Waals surface area contributed by atoms with E-state index in [1.807, 2.05) is 12.1 Å². The fraction of sp³-hybridized carbons (Fsp3) is 0.318. The van der Waals surface area contributed by atoms with Crippen molar-refractivity contribution in [3.05, 3.63) is 58.4 Å². The standard InChI is InChI=1S/C22H25FN4O2/c1-4-13-10-20-17(11-21(13)29-3)22(26-27-24)18(12-25-20)14-6-7-15(19(23)9-14)8-16(28)5-2/h6-7,9-11,25H,4-5,8,12H2,1-3H3,(H2,24,26). The van der Waals surface area contributed by atoms with E-state index < -0.39 is 5.82 Å². The van der Waals surface area contributed by atoms with E-state index in [9.17, 15) is 9.18 Å². The summed E-state index contributed by atoms with van der Waals surface area (Å²) in [6, 6.07) is 8.81. The number of hydrogen-bond acceptors (Lipinski definition) is 5. The zero-order chi connectivity index (χ0) is 21.0. The normalized spacial score (nSPS) is 13.4. The quantitative estimate of drug-likeness (QED) is 0.409. The van der Waals surface area contributed by atoms with Gasteiger partial charge in [0, 0.05) is 36.2 Å². The van der Waals surface area contributed by atoms with Crippen molar-refractivity contribution in [3.8, 4) is 5.75 Å². The van der Waals surface area contributed by atoms with Crippen LogP contribution in [-0.4, -0.2) is 19.4 Å². The fourth-order valence-electron chi connectivity index (χ4n) is 3.49. The largest absolute Gasteiger partial charge is 0.496 e. The summed E-state index contributed by atoms with van der Waals surface area (Å²) in [6.07, 6.45) is 1.30. The maximum Gasteiger partial charge on any atom is 0.137 e. The van der Waals surface area contributed by atoms with E-state index in [1.165, 1.54) is 6.07 Å². The molecule has 0 fully saturated rings. The minimum absolute atomic E-state index is 0.000528. The SMILES string of the molecule is CCC(=O)Cc1ccc(C2=C(N=NN)c3cc(OC)c(CC)cc3NC2)cc1F. The summed E-state index contributed by atoms with van der Waals surface area (Å²) in [5.74, 6) is 5.71. The predicted molar refractivity (Wildman–Crippen MR) is 112 cm³/mol. The molecule has 3 rings (SSSR count). The number of Topliss-reactive ketones (excluding diaryl/α,β-unsaturated/α-hetero) is 1. The average molecular weight is 396 g/mol. The molecule has 0 bridgehead atoms. The number of nitrogens with one attached hydrogen (secondary N) is 1. The molecule has 0 spiro atoms. The third-order valence-corrected chi connectivity index (χ3v) is 5.14. The van der Waals surface area contributed by atoms with Crippen LogP contribution < -0.4 is 15.9 Å². The number of carbonyl (C=O) groups is 1. The van der Waals surface area contributed by atoms with Gasteiger partial charge in [0.1, 0.15) is 23.0 Å². The average Bonchev–Trinajstić information content (AvgIpc) is 2.74. The van der Waals surface area contributed by atoms with Crippen molar-refractivity contribution in [1.29, 1.82) is 0 Å². The minimum atomic E-state index is -0.412. The van der Waals surface area contributed by atoms with Crippen LogP contribution in [0.15, 0.2) is 40.7 Å². The number of ketones is 1. The lowest BCUT2D eigenvalue weighted by Crippen LogP contribution is -2.14. The Bertz CT molecular complexity index is 999. The molecule has 0 atom stereocenters. The molecule has 1 aliphatic heterocycles. The van der Waals surface area contributed by atoms with Gasteiger partial charge in [0.2, 0.25) is 0 Å². The van der Waals surface area contributed by atoms with Gasteiger partial charge in [-0.25, -0.2) is 4.39 Å². The second kappa shape index (κ2) is 8.86. The van der Waals surface area contributed by atoms with Gasteiger partial charge in [0.25, 0.3) is 0 Å². The van der Waals surface area contributed by atoms with Gasteiger partial charge >= 0.3 is 0 Å². The molecule has 0 unspecified atom stereocenters. The number of methoxy groups -OCH3 is 1. The molecule has 1 aliphatic rings. The summed E-state index contributed by atoms with van der Waals surface area (Å²) in [5, 5.41) is 11.0. The number of hydrogen-bond donors (Lipinski definition) is 2. The van der Waals surface area contributed by atoms with Crippen LogP contribution in [0.25, 0.3) is 11.3 Å². The maximum absolute atomic E-state index is 14.6. The highest BCUT2D eigenvalue weighted by Crippen LogP contribution is 2.40. The first-order chi connectivity index (χ1) is 14.0. The molecule has 2 aromatic carbocycles. The number of halogens is 1. The van der Waals surface area contributed by atoms with Crippen molar-refractivity contribution in [3.63, 3.8) is 0 Å². The molecule has 0 radical (unpaired) electrons. The fourth-order valence-corrected chi connectivity index (χ4v) is 3.49. The first-order valence-corrected chi connectivity index (χ1v) is 9.62. The van der Waals surface area contributed by atoms with Crippen LogP contribution in [-0.2, 0) is 17.6 Å². The molecular weight excluding hydrogens is 371 g/mol. The van der Waals surface area contributed by atoms with Crippen molar-refractivity contribution >= 4 is 22.7 Å². The molecule has 152 valence electrons. The zero-order valence-corrected chi connectivity index (χ0v) is 16.9. The van der Waals surface area contributed by atoms with Gasteiger partial charge in [-0.05, 0) is 41.3 Å². The van der Waals surface area contributed by atoms with Gasteiger partial charge in [-0.3, -0.25) is 4.79 Å². The van der Waals surface area contributed by atoms with Gasteiger partial charge in [-0.15, -0.1) is 5.11 Å². The van der Waals surface area contributed by atoms with Crippen LogP contribution in [0.5, 0.6) is 5.75 Å². The monoisotopic (exact) mass is 396 g/mol. The van der Waals surface area contributed by atoms with E-state index in [0.29, 0.717) is 29.8 Å². The van der Waals surface area contributed by atoms with Crippen LogP contribution >= 0.6 is 0 Å². The molecular formula is C22H25FN4O2. The van der Waals surface area contributed by atoms with E-state index in [-0.39, 0.29) is 12.2 Å². The van der Waals surface area contributed by atoms with Crippen LogP contribution in [0.2, 0.25) is 0 Å². The smallest absolute Gasteiger partial charge is 0.137 e. The van der Waals surface area contributed by atoms with E-state index in [4.69, 9.17) is 10.6 Å². The molecule has 29 heavy (non-hydrogen) atoms. The van der Waals surface area contributed by atoms with E-state index in [1.54, 1.807) is 26.2 Å². The number of fused-ring (bicyclic) bond motifs is 1. The molecule has 0 saturated heterocycles. The number of ether oxygens (including phenoxy) is 1. The summed E-state index contributed by atoms with van der Waals surface area (Å²) in [5.41, 5.74) is 5.15. The summed E-state index contributed by atoms with van der Waals surface area (Å²) in [7, 11) is 1.62. The Balaban J connectivity index is 2.10. The van der Waals surface area contributed by atoms with Gasteiger partial charge in [-0.2, -0.15) is 0 Å². The van der Waals surface area contributed by atoms with Crippen molar-refractivity contribution in [1.82, 2.24) is 0 Å². The summed E-state index contributed by atoms with van der Waals surface area (Å²) in [6.45, 7) is 4.28. The molecule has 1 heterocycles. The Morgan fingerprint density at radius 2 is 2.03 bits per heavy atom. The molecule has 3 N–H and O–H groups in total. The lowest BCUT2D eigenvalue weighted by molar-refractivity contribution is -0.118. The van der Waals surface area contributed by atoms with E-state index >= 15 is 0 Å². The highest BCUT2D eigenvalue weighted by molar-refractivity contribution is 5.98. The maximum atomic E-state index is 14.6. The van der Waals surface area contributed by atoms with Gasteiger partial charge in [0.15, 0.2) is 0 Å². The summed E-state index contributed by atoms with van der Waals surface area (Å²) < 4.78 is 20.1. The van der Waals surface area contributed by atoms with Crippen LogP contribution in [0.4, 0.5) is 10.1 Å². The second-order valence-corrected chi connectivity index (χ2v) is 6.83. The molecule has 7 heteroatoms. The van der Waals surface area contributed by atoms with Gasteiger partial charge in [0.05, 0.1) is 7.11 Å².